The van der Waals surface area contributed by atoms with E-state index >= 15 is 0 Å². The molecule has 124 valence electrons. The molecular formula is C15H21N4O4+. The number of amides is 1. The summed E-state index contributed by atoms with van der Waals surface area (Å²) in [5.74, 6) is -0.103. The van der Waals surface area contributed by atoms with Crippen molar-refractivity contribution in [1.82, 2.24) is 5.48 Å². The van der Waals surface area contributed by atoms with E-state index in [9.17, 15) is 4.79 Å². The molecule has 8 nitrogen and oxygen atoms in total. The summed E-state index contributed by atoms with van der Waals surface area (Å²) >= 11 is 0. The van der Waals surface area contributed by atoms with Crippen molar-refractivity contribution in [1.29, 1.82) is 0 Å². The van der Waals surface area contributed by atoms with Gasteiger partial charge in [0.2, 0.25) is 11.5 Å². The fourth-order valence-corrected chi connectivity index (χ4v) is 2.47. The standard InChI is InChI=1S/C15H20N4O4/c1-8-6-11-7-12(13(15(16)20)18-22-5)14(8)23-19(11)10(3)9(2)17-21-4/h6H,7H2,1-5H3,(H2-,16,17,18,20)/p+1. The summed E-state index contributed by atoms with van der Waals surface area (Å²) < 4.78 is 1.69. The van der Waals surface area contributed by atoms with Gasteiger partial charge in [-0.3, -0.25) is 15.1 Å². The van der Waals surface area contributed by atoms with Crippen LogP contribution in [0.2, 0.25) is 0 Å². The van der Waals surface area contributed by atoms with Gasteiger partial charge >= 0.3 is 0 Å². The molecule has 0 aromatic heterocycles. The predicted molar refractivity (Wildman–Crippen MR) is 83.9 cm³/mol. The first-order valence-corrected chi connectivity index (χ1v) is 7.04. The van der Waals surface area contributed by atoms with Crippen LogP contribution in [-0.2, 0) is 19.3 Å². The Morgan fingerprint density at radius 2 is 2.13 bits per heavy atom. The minimum atomic E-state index is -0.657. The molecule has 0 spiro atoms. The summed E-state index contributed by atoms with van der Waals surface area (Å²) in [6.45, 7) is 5.67. The van der Waals surface area contributed by atoms with Crippen molar-refractivity contribution < 1.29 is 24.0 Å². The third-order valence-corrected chi connectivity index (χ3v) is 3.62. The van der Waals surface area contributed by atoms with Crippen molar-refractivity contribution in [2.45, 2.75) is 27.2 Å². The molecule has 2 bridgehead atoms. The summed E-state index contributed by atoms with van der Waals surface area (Å²) in [6.07, 6.45) is 2.47. The van der Waals surface area contributed by atoms with Gasteiger partial charge in [-0.2, -0.15) is 0 Å². The second-order valence-corrected chi connectivity index (χ2v) is 5.19. The van der Waals surface area contributed by atoms with Crippen LogP contribution in [-0.4, -0.2) is 36.3 Å². The van der Waals surface area contributed by atoms with Crippen LogP contribution in [0.3, 0.4) is 0 Å². The SMILES string of the molecule is CON=C(C(N)=O)C1=C2O[N+](C(C)=C(C)NOC)=C(C=C2C)C1. The lowest BCUT2D eigenvalue weighted by atomic mass is 9.91. The van der Waals surface area contributed by atoms with E-state index < -0.39 is 5.91 Å². The number of fused-ring (bicyclic) bond motifs is 2. The van der Waals surface area contributed by atoms with Crippen molar-refractivity contribution in [2.75, 3.05) is 14.2 Å². The number of carbonyl (C=O) groups excluding carboxylic acids is 1. The number of carbonyl (C=O) groups is 1. The van der Waals surface area contributed by atoms with Gasteiger partial charge in [0.1, 0.15) is 12.8 Å². The highest BCUT2D eigenvalue weighted by molar-refractivity contribution is 6.45. The maximum atomic E-state index is 11.6. The Balaban J connectivity index is 2.47. The molecule has 0 atom stereocenters. The van der Waals surface area contributed by atoms with Crippen LogP contribution in [0, 0.1) is 0 Å². The Hall–Kier alpha value is -2.61. The number of nitrogens with zero attached hydrogens (tertiary/aromatic N) is 2. The van der Waals surface area contributed by atoms with Gasteiger partial charge in [0.15, 0.2) is 5.71 Å². The van der Waals surface area contributed by atoms with Gasteiger partial charge in [-0.15, -0.1) is 0 Å². The van der Waals surface area contributed by atoms with Crippen LogP contribution in [0.1, 0.15) is 27.2 Å². The van der Waals surface area contributed by atoms with Gasteiger partial charge in [-0.05, 0) is 13.8 Å². The normalized spacial score (nSPS) is 18.5. The number of hydrogen-bond donors (Lipinski definition) is 2. The van der Waals surface area contributed by atoms with E-state index in [2.05, 4.69) is 10.6 Å². The maximum Gasteiger partial charge on any atom is 0.271 e. The topological polar surface area (TPSA) is 98.2 Å². The fraction of sp³-hybridized carbons (Fsp3) is 0.400. The van der Waals surface area contributed by atoms with E-state index in [4.69, 9.17) is 20.2 Å². The molecule has 2 aliphatic heterocycles. The largest absolute Gasteiger partial charge is 0.398 e. The van der Waals surface area contributed by atoms with E-state index in [0.29, 0.717) is 17.8 Å². The molecule has 0 radical (unpaired) electrons. The van der Waals surface area contributed by atoms with Gasteiger partial charge < -0.3 is 10.6 Å². The number of primary amides is 1. The molecule has 0 saturated heterocycles. The quantitative estimate of drug-likeness (QED) is 0.430. The smallest absolute Gasteiger partial charge is 0.271 e. The molecule has 1 amide bonds. The maximum absolute atomic E-state index is 11.6. The Morgan fingerprint density at radius 3 is 2.65 bits per heavy atom. The van der Waals surface area contributed by atoms with Crippen molar-refractivity contribution >= 4 is 17.3 Å². The first kappa shape index (κ1) is 16.8. The second kappa shape index (κ2) is 6.66. The molecule has 2 heterocycles. The number of allylic oxidation sites excluding steroid dienone is 4. The average molecular weight is 321 g/mol. The first-order valence-electron chi connectivity index (χ1n) is 7.04. The number of oxime groups is 1. The Bertz CT molecular complexity index is 698. The molecule has 23 heavy (non-hydrogen) atoms. The molecule has 0 unspecified atom stereocenters. The van der Waals surface area contributed by atoms with Gasteiger partial charge in [-0.25, -0.2) is 4.84 Å². The zero-order chi connectivity index (χ0) is 17.1. The number of hydroxylamine groups is 2. The van der Waals surface area contributed by atoms with E-state index in [0.717, 1.165) is 22.7 Å². The van der Waals surface area contributed by atoms with E-state index in [1.165, 1.54) is 14.2 Å². The van der Waals surface area contributed by atoms with Crippen molar-refractivity contribution in [2.24, 2.45) is 10.9 Å². The fourth-order valence-electron chi connectivity index (χ4n) is 2.47. The van der Waals surface area contributed by atoms with Crippen LogP contribution < -0.4 is 11.2 Å². The number of nitrogens with one attached hydrogen (secondary N) is 1. The Kier molecular flexibility index (Phi) is 4.85. The molecule has 1 aliphatic carbocycles. The molecule has 0 aromatic carbocycles. The van der Waals surface area contributed by atoms with Crippen LogP contribution >= 0.6 is 0 Å². The van der Waals surface area contributed by atoms with Crippen LogP contribution in [0.15, 0.2) is 39.5 Å². The van der Waals surface area contributed by atoms with Gasteiger partial charge in [0.25, 0.3) is 11.6 Å². The monoisotopic (exact) mass is 321 g/mol. The molecule has 3 N–H and O–H groups in total. The zero-order valence-corrected chi connectivity index (χ0v) is 13.9. The molecule has 0 aromatic rings. The third-order valence-electron chi connectivity index (χ3n) is 3.62. The highest BCUT2D eigenvalue weighted by Crippen LogP contribution is 2.32. The van der Waals surface area contributed by atoms with E-state index in [1.54, 1.807) is 4.74 Å². The lowest BCUT2D eigenvalue weighted by Crippen LogP contribution is -2.36. The number of nitrogens with two attached hydrogens (primary N) is 1. The van der Waals surface area contributed by atoms with Crippen molar-refractivity contribution in [3.05, 3.63) is 34.4 Å². The van der Waals surface area contributed by atoms with Gasteiger partial charge in [0.05, 0.1) is 13.5 Å². The summed E-state index contributed by atoms with van der Waals surface area (Å²) in [4.78, 5) is 27.2. The van der Waals surface area contributed by atoms with Crippen LogP contribution in [0.5, 0.6) is 0 Å². The molecule has 0 saturated carbocycles. The van der Waals surface area contributed by atoms with Crippen molar-refractivity contribution in [3.8, 4) is 0 Å². The third kappa shape index (κ3) is 3.11. The summed E-state index contributed by atoms with van der Waals surface area (Å²) in [5.41, 5.74) is 12.3. The summed E-state index contributed by atoms with van der Waals surface area (Å²) in [6, 6.07) is 0. The number of rotatable bonds is 6. The minimum Gasteiger partial charge on any atom is -0.398 e. The summed E-state index contributed by atoms with van der Waals surface area (Å²) in [7, 11) is 2.91. The van der Waals surface area contributed by atoms with Crippen molar-refractivity contribution in [3.63, 3.8) is 0 Å². The lowest BCUT2D eigenvalue weighted by molar-refractivity contribution is -0.741. The van der Waals surface area contributed by atoms with Crippen LogP contribution in [0.4, 0.5) is 0 Å². The van der Waals surface area contributed by atoms with Crippen LogP contribution in [0.25, 0.3) is 0 Å². The lowest BCUT2D eigenvalue weighted by Gasteiger charge is -2.23. The number of hydrogen-bond acceptors (Lipinski definition) is 6. The van der Waals surface area contributed by atoms with Gasteiger partial charge in [-0.1, -0.05) is 5.16 Å². The zero-order valence-electron chi connectivity index (χ0n) is 13.9. The average Bonchev–Trinajstić information content (AvgIpc) is 2.51. The molecule has 3 rings (SSSR count). The van der Waals surface area contributed by atoms with Gasteiger partial charge in [0, 0.05) is 28.9 Å². The van der Waals surface area contributed by atoms with E-state index in [-0.39, 0.29) is 5.71 Å². The minimum absolute atomic E-state index is 0.0699. The highest BCUT2D eigenvalue weighted by atomic mass is 16.7. The second-order valence-electron chi connectivity index (χ2n) is 5.19. The molecular weight excluding hydrogens is 300 g/mol. The molecule has 8 heteroatoms. The summed E-state index contributed by atoms with van der Waals surface area (Å²) in [5, 5.41) is 3.74. The Labute approximate surface area is 134 Å². The molecule has 3 aliphatic rings. The Morgan fingerprint density at radius 1 is 1.43 bits per heavy atom. The predicted octanol–water partition coefficient (Wildman–Crippen LogP) is 0.879. The van der Waals surface area contributed by atoms with E-state index in [1.807, 2.05) is 26.8 Å². The molecule has 0 fully saturated rings. The highest BCUT2D eigenvalue weighted by Gasteiger charge is 2.39. The first-order chi connectivity index (χ1) is 10.9.